The van der Waals surface area contributed by atoms with Crippen LogP contribution in [0.5, 0.6) is 0 Å². The first-order valence-corrected chi connectivity index (χ1v) is 11.0. The molecule has 0 bridgehead atoms. The molecule has 1 saturated heterocycles. The van der Waals surface area contributed by atoms with Crippen LogP contribution in [0.2, 0.25) is 0 Å². The predicted octanol–water partition coefficient (Wildman–Crippen LogP) is 4.70. The number of benzene rings is 2. The zero-order chi connectivity index (χ0) is 20.8. The van der Waals surface area contributed by atoms with Gasteiger partial charge in [-0.3, -0.25) is 3.97 Å². The number of piperidine rings is 1. The van der Waals surface area contributed by atoms with Gasteiger partial charge >= 0.3 is 0 Å². The van der Waals surface area contributed by atoms with Crippen molar-refractivity contribution in [2.75, 3.05) is 37.3 Å². The quantitative estimate of drug-likeness (QED) is 0.593. The molecule has 1 aliphatic rings. The van der Waals surface area contributed by atoms with E-state index < -0.39 is 0 Å². The second-order valence-electron chi connectivity index (χ2n) is 7.51. The van der Waals surface area contributed by atoms with Gasteiger partial charge in [0.25, 0.3) is 0 Å². The van der Waals surface area contributed by atoms with E-state index in [0.29, 0.717) is 12.6 Å². The summed E-state index contributed by atoms with van der Waals surface area (Å²) in [5.74, 6) is 6.52. The van der Waals surface area contributed by atoms with E-state index in [1.165, 1.54) is 17.3 Å². The molecule has 3 aromatic rings. The van der Waals surface area contributed by atoms with Crippen molar-refractivity contribution in [3.8, 4) is 23.5 Å². The number of nitrogens with zero attached hydrogens (tertiary/aromatic N) is 2. The lowest BCUT2D eigenvalue weighted by atomic mass is 10.0. The Labute approximate surface area is 183 Å². The van der Waals surface area contributed by atoms with Crippen molar-refractivity contribution in [2.45, 2.75) is 18.9 Å². The minimum absolute atomic E-state index is 0.500. The number of aromatic nitrogens is 1. The van der Waals surface area contributed by atoms with Gasteiger partial charge in [-0.1, -0.05) is 30.2 Å². The molecule has 0 radical (unpaired) electrons. The Morgan fingerprint density at radius 1 is 1.10 bits per heavy atom. The van der Waals surface area contributed by atoms with Crippen LogP contribution in [0.4, 0.5) is 11.4 Å². The number of hydrogen-bond acceptors (Lipinski definition) is 4. The zero-order valence-electron chi connectivity index (χ0n) is 17.2. The first-order valence-electron chi connectivity index (χ1n) is 10.2. The van der Waals surface area contributed by atoms with Crippen molar-refractivity contribution in [1.82, 2.24) is 8.87 Å². The fourth-order valence-corrected chi connectivity index (χ4v) is 4.34. The van der Waals surface area contributed by atoms with Crippen LogP contribution >= 0.6 is 11.9 Å². The minimum atomic E-state index is 0.500. The summed E-state index contributed by atoms with van der Waals surface area (Å²) in [6.07, 6.45) is 7.94. The van der Waals surface area contributed by atoms with Crippen molar-refractivity contribution in [2.24, 2.45) is 0 Å². The smallest absolute Gasteiger partial charge is 0.104 e. The van der Waals surface area contributed by atoms with Crippen LogP contribution < -0.4 is 10.6 Å². The van der Waals surface area contributed by atoms with E-state index in [-0.39, 0.29) is 0 Å². The van der Waals surface area contributed by atoms with Gasteiger partial charge in [-0.25, -0.2) is 0 Å². The number of rotatable bonds is 5. The van der Waals surface area contributed by atoms with Crippen LogP contribution in [0.3, 0.4) is 0 Å². The van der Waals surface area contributed by atoms with Crippen LogP contribution in [0, 0.1) is 23.5 Å². The lowest BCUT2D eigenvalue weighted by molar-refractivity contribution is 0.264. The average Bonchev–Trinajstić information content (AvgIpc) is 3.12. The van der Waals surface area contributed by atoms with Gasteiger partial charge in [0.1, 0.15) is 5.69 Å². The molecule has 1 aliphatic heterocycles. The highest BCUT2D eigenvalue weighted by atomic mass is 32.2. The molecule has 1 fully saturated rings. The molecule has 5 heteroatoms. The highest BCUT2D eigenvalue weighted by Gasteiger charge is 2.18. The normalized spacial score (nSPS) is 14.7. The Morgan fingerprint density at radius 3 is 2.67 bits per heavy atom. The molecule has 0 amide bonds. The van der Waals surface area contributed by atoms with Gasteiger partial charge in [-0.05, 0) is 74.5 Å². The summed E-state index contributed by atoms with van der Waals surface area (Å²) in [4.78, 5) is 2.38. The van der Waals surface area contributed by atoms with Crippen molar-refractivity contribution in [3.63, 3.8) is 0 Å². The molecule has 2 heterocycles. The second-order valence-corrected chi connectivity index (χ2v) is 8.30. The number of nitrogens with one attached hydrogen (secondary N) is 2. The van der Waals surface area contributed by atoms with E-state index in [4.69, 9.17) is 6.42 Å². The fourth-order valence-electron chi connectivity index (χ4n) is 3.78. The molecule has 0 unspecified atom stereocenters. The second kappa shape index (κ2) is 9.67. The fraction of sp³-hybridized carbons (Fsp3) is 0.280. The number of terminal acetylenes is 1. The molecule has 0 atom stereocenters. The monoisotopic (exact) mass is 414 g/mol. The Balaban J connectivity index is 1.56. The number of anilines is 2. The zero-order valence-corrected chi connectivity index (χ0v) is 18.0. The number of likely N-dealkylation sites (tertiary alicyclic amines) is 1. The Morgan fingerprint density at radius 2 is 1.90 bits per heavy atom. The highest BCUT2D eigenvalue weighted by Crippen LogP contribution is 2.31. The van der Waals surface area contributed by atoms with Gasteiger partial charge in [0.2, 0.25) is 0 Å². The molecule has 2 N–H and O–H groups in total. The molecular formula is C25H26N4S. The summed E-state index contributed by atoms with van der Waals surface area (Å²) in [7, 11) is 2.19. The lowest BCUT2D eigenvalue weighted by Crippen LogP contribution is -2.36. The third-order valence-electron chi connectivity index (χ3n) is 5.40. The largest absolute Gasteiger partial charge is 0.382 e. The van der Waals surface area contributed by atoms with Crippen molar-refractivity contribution in [3.05, 3.63) is 60.3 Å². The summed E-state index contributed by atoms with van der Waals surface area (Å²) < 4.78 is 2.05. The third kappa shape index (κ3) is 4.76. The van der Waals surface area contributed by atoms with Crippen LogP contribution in [0.1, 0.15) is 18.5 Å². The number of fused-ring (bicyclic) bond motifs is 1. The predicted molar refractivity (Wildman–Crippen MR) is 130 cm³/mol. The van der Waals surface area contributed by atoms with Gasteiger partial charge in [0, 0.05) is 34.8 Å². The van der Waals surface area contributed by atoms with Gasteiger partial charge < -0.3 is 15.5 Å². The van der Waals surface area contributed by atoms with Crippen molar-refractivity contribution in [1.29, 1.82) is 0 Å². The number of para-hydroxylation sites is 1. The van der Waals surface area contributed by atoms with E-state index >= 15 is 0 Å². The van der Waals surface area contributed by atoms with Crippen LogP contribution in [0.25, 0.3) is 10.9 Å². The maximum atomic E-state index is 5.62. The lowest BCUT2D eigenvalue weighted by Gasteiger charge is -2.30. The standard InChI is InChI=1S/C25H26N4S/c1-3-30-29-22(11-8-16-26-20-9-5-4-6-10-20)19-23-24(12-7-13-25(23)29)27-21-14-17-28(2)18-15-21/h1,4-7,9-10,12-13,19,21,26-27H,14-18H2,2H3. The summed E-state index contributed by atoms with van der Waals surface area (Å²) >= 11 is 1.33. The SMILES string of the molecule is C#CSn1c(C#CCNc2ccccc2)cc2c(NC3CCN(C)CC3)cccc21. The number of hydrogen-bond donors (Lipinski definition) is 2. The van der Waals surface area contributed by atoms with E-state index in [2.05, 4.69) is 63.9 Å². The third-order valence-corrected chi connectivity index (χ3v) is 6.08. The minimum Gasteiger partial charge on any atom is -0.382 e. The van der Waals surface area contributed by atoms with E-state index in [1.54, 1.807) is 0 Å². The molecule has 0 aliphatic carbocycles. The van der Waals surface area contributed by atoms with Gasteiger partial charge in [-0.15, -0.1) is 6.42 Å². The first-order chi connectivity index (χ1) is 14.7. The molecule has 1 aromatic heterocycles. The van der Waals surface area contributed by atoms with Gasteiger partial charge in [0.05, 0.1) is 12.1 Å². The topological polar surface area (TPSA) is 32.2 Å². The van der Waals surface area contributed by atoms with Crippen LogP contribution in [-0.4, -0.2) is 41.6 Å². The Kier molecular flexibility index (Phi) is 6.54. The van der Waals surface area contributed by atoms with Gasteiger partial charge in [0.15, 0.2) is 0 Å². The summed E-state index contributed by atoms with van der Waals surface area (Å²) in [6, 6.07) is 19.1. The Bertz CT molecular complexity index is 1090. The molecule has 0 spiro atoms. The molecule has 2 aromatic carbocycles. The van der Waals surface area contributed by atoms with Crippen LogP contribution in [-0.2, 0) is 0 Å². The molecule has 0 saturated carbocycles. The van der Waals surface area contributed by atoms with E-state index in [9.17, 15) is 0 Å². The maximum Gasteiger partial charge on any atom is 0.104 e. The summed E-state index contributed by atoms with van der Waals surface area (Å²) in [5.41, 5.74) is 4.23. The van der Waals surface area contributed by atoms with E-state index in [1.807, 2.05) is 34.3 Å². The van der Waals surface area contributed by atoms with Crippen molar-refractivity contribution < 1.29 is 0 Å². The molecule has 30 heavy (non-hydrogen) atoms. The summed E-state index contributed by atoms with van der Waals surface area (Å²) in [6.45, 7) is 2.84. The van der Waals surface area contributed by atoms with E-state index in [0.717, 1.165) is 48.5 Å². The Hall–Kier alpha value is -2.99. The maximum absolute atomic E-state index is 5.62. The summed E-state index contributed by atoms with van der Waals surface area (Å²) in [5, 5.41) is 10.9. The molecule has 4 nitrogen and oxygen atoms in total. The van der Waals surface area contributed by atoms with Gasteiger partial charge in [-0.2, -0.15) is 0 Å². The highest BCUT2D eigenvalue weighted by molar-refractivity contribution is 8.02. The van der Waals surface area contributed by atoms with Crippen LogP contribution in [0.15, 0.2) is 54.6 Å². The molecule has 152 valence electrons. The van der Waals surface area contributed by atoms with Crippen molar-refractivity contribution >= 4 is 34.2 Å². The average molecular weight is 415 g/mol. The molecular weight excluding hydrogens is 388 g/mol. The molecule has 4 rings (SSSR count). The first kappa shape index (κ1) is 20.3.